The number of aliphatic carboxylic acids is 1. The van der Waals surface area contributed by atoms with Gasteiger partial charge in [0.15, 0.2) is 0 Å². The average molecular weight is 293 g/mol. The number of carbonyl (C=O) groups excluding carboxylic acids is 1. The summed E-state index contributed by atoms with van der Waals surface area (Å²) in [5.74, 6) is -0.391. The highest BCUT2D eigenvalue weighted by molar-refractivity contribution is 5.83. The van der Waals surface area contributed by atoms with Gasteiger partial charge in [0, 0.05) is 6.42 Å². The van der Waals surface area contributed by atoms with Crippen molar-refractivity contribution in [1.29, 1.82) is 0 Å². The molecule has 2 N–H and O–H groups in total. The minimum Gasteiger partial charge on any atom is -0.493 e. The number of carbonyl (C=O) groups is 2. The number of unbranched alkanes of at least 4 members (excludes halogenated alkanes) is 1. The third kappa shape index (κ3) is 6.29. The van der Waals surface area contributed by atoms with E-state index >= 15 is 0 Å². The molecule has 0 aliphatic carbocycles. The van der Waals surface area contributed by atoms with Crippen LogP contribution in [-0.2, 0) is 9.59 Å². The molecule has 1 rings (SSSR count). The highest BCUT2D eigenvalue weighted by Gasteiger charge is 2.13. The zero-order valence-corrected chi connectivity index (χ0v) is 12.8. The molecule has 1 amide bonds. The zero-order chi connectivity index (χ0) is 15.8. The molecule has 0 bridgehead atoms. The lowest BCUT2D eigenvalue weighted by Gasteiger charge is -2.11. The van der Waals surface area contributed by atoms with Crippen LogP contribution in [0.2, 0.25) is 0 Å². The van der Waals surface area contributed by atoms with Crippen molar-refractivity contribution in [3.05, 3.63) is 29.3 Å². The van der Waals surface area contributed by atoms with E-state index in [1.807, 2.05) is 32.0 Å². The number of carboxylic acids is 1. The Morgan fingerprint density at radius 3 is 2.67 bits per heavy atom. The molecule has 0 saturated carbocycles. The molecule has 1 aromatic carbocycles. The van der Waals surface area contributed by atoms with Crippen molar-refractivity contribution in [1.82, 2.24) is 5.32 Å². The predicted octanol–water partition coefficient (Wildman–Crippen LogP) is 2.44. The van der Waals surface area contributed by atoms with Gasteiger partial charge in [0.05, 0.1) is 6.61 Å². The van der Waals surface area contributed by atoms with Crippen LogP contribution in [0.3, 0.4) is 0 Å². The normalized spacial score (nSPS) is 11.8. The van der Waals surface area contributed by atoms with Gasteiger partial charge in [0.25, 0.3) is 0 Å². The van der Waals surface area contributed by atoms with Crippen LogP contribution in [0.15, 0.2) is 18.2 Å². The minimum absolute atomic E-state index is 0.239. The van der Waals surface area contributed by atoms with Crippen molar-refractivity contribution >= 4 is 11.9 Å². The molecule has 0 unspecified atom stereocenters. The largest absolute Gasteiger partial charge is 0.493 e. The van der Waals surface area contributed by atoms with E-state index < -0.39 is 12.0 Å². The third-order valence-corrected chi connectivity index (χ3v) is 3.15. The Labute approximate surface area is 125 Å². The van der Waals surface area contributed by atoms with Gasteiger partial charge in [-0.25, -0.2) is 0 Å². The van der Waals surface area contributed by atoms with Crippen molar-refractivity contribution in [2.24, 2.45) is 0 Å². The second-order valence-electron chi connectivity index (χ2n) is 5.20. The monoisotopic (exact) mass is 293 g/mol. The molecule has 0 saturated heterocycles. The molecule has 0 radical (unpaired) electrons. The van der Waals surface area contributed by atoms with Gasteiger partial charge < -0.3 is 15.2 Å². The van der Waals surface area contributed by atoms with Crippen molar-refractivity contribution in [2.45, 2.75) is 46.1 Å². The van der Waals surface area contributed by atoms with E-state index in [2.05, 4.69) is 5.32 Å². The molecular formula is C16H23NO4. The van der Waals surface area contributed by atoms with Crippen molar-refractivity contribution in [3.8, 4) is 5.75 Å². The molecule has 0 spiro atoms. The lowest BCUT2D eigenvalue weighted by Crippen LogP contribution is -2.38. The van der Waals surface area contributed by atoms with Crippen LogP contribution < -0.4 is 10.1 Å². The fraction of sp³-hybridized carbons (Fsp3) is 0.500. The number of ether oxygens (including phenoxy) is 1. The standard InChI is InChI=1S/C16H23NO4/c1-11-7-8-12(2)14(10-11)21-9-5-4-6-15(18)17-13(3)16(19)20/h7-8,10,13H,4-6,9H2,1-3H3,(H,17,18)(H,19,20)/t13-/m1/s1. The Balaban J connectivity index is 2.21. The Bertz CT molecular complexity index is 499. The number of hydrogen-bond acceptors (Lipinski definition) is 3. The molecule has 1 aromatic rings. The maximum absolute atomic E-state index is 11.5. The Hall–Kier alpha value is -2.04. The highest BCUT2D eigenvalue weighted by Crippen LogP contribution is 2.19. The maximum atomic E-state index is 11.5. The Morgan fingerprint density at radius 1 is 1.29 bits per heavy atom. The van der Waals surface area contributed by atoms with Crippen LogP contribution in [0.5, 0.6) is 5.75 Å². The summed E-state index contributed by atoms with van der Waals surface area (Å²) in [4.78, 5) is 22.1. The van der Waals surface area contributed by atoms with Gasteiger partial charge in [-0.1, -0.05) is 12.1 Å². The summed E-state index contributed by atoms with van der Waals surface area (Å²) < 4.78 is 5.69. The van der Waals surface area contributed by atoms with Gasteiger partial charge in [-0.05, 0) is 50.8 Å². The molecule has 0 fully saturated rings. The van der Waals surface area contributed by atoms with Crippen LogP contribution in [0, 0.1) is 13.8 Å². The number of aryl methyl sites for hydroxylation is 2. The number of nitrogens with one attached hydrogen (secondary N) is 1. The second-order valence-corrected chi connectivity index (χ2v) is 5.20. The van der Waals surface area contributed by atoms with Crippen LogP contribution in [-0.4, -0.2) is 29.6 Å². The van der Waals surface area contributed by atoms with E-state index in [1.165, 1.54) is 6.92 Å². The quantitative estimate of drug-likeness (QED) is 0.722. The van der Waals surface area contributed by atoms with E-state index in [1.54, 1.807) is 0 Å². The molecule has 0 aliphatic heterocycles. The van der Waals surface area contributed by atoms with Gasteiger partial charge in [0.1, 0.15) is 11.8 Å². The summed E-state index contributed by atoms with van der Waals surface area (Å²) in [5, 5.41) is 11.1. The first-order chi connectivity index (χ1) is 9.90. The molecule has 0 aliphatic rings. The summed E-state index contributed by atoms with van der Waals surface area (Å²) >= 11 is 0. The summed E-state index contributed by atoms with van der Waals surface area (Å²) in [6, 6.07) is 5.21. The molecule has 0 aromatic heterocycles. The van der Waals surface area contributed by atoms with Crippen molar-refractivity contribution in [2.75, 3.05) is 6.61 Å². The van der Waals surface area contributed by atoms with Crippen molar-refractivity contribution in [3.63, 3.8) is 0 Å². The number of carboxylic acid groups (broad SMARTS) is 1. The van der Waals surface area contributed by atoms with Crippen LogP contribution in [0.1, 0.15) is 37.3 Å². The summed E-state index contributed by atoms with van der Waals surface area (Å²) in [7, 11) is 0. The van der Waals surface area contributed by atoms with E-state index in [9.17, 15) is 9.59 Å². The fourth-order valence-electron chi connectivity index (χ4n) is 1.81. The molecule has 1 atom stereocenters. The average Bonchev–Trinajstić information content (AvgIpc) is 2.42. The molecule has 116 valence electrons. The lowest BCUT2D eigenvalue weighted by molar-refractivity contribution is -0.141. The van der Waals surface area contributed by atoms with E-state index in [0.29, 0.717) is 19.4 Å². The number of amides is 1. The van der Waals surface area contributed by atoms with Crippen molar-refractivity contribution < 1.29 is 19.4 Å². The van der Waals surface area contributed by atoms with E-state index in [4.69, 9.17) is 9.84 Å². The van der Waals surface area contributed by atoms with Gasteiger partial charge in [0.2, 0.25) is 5.91 Å². The highest BCUT2D eigenvalue weighted by atomic mass is 16.5. The van der Waals surface area contributed by atoms with Gasteiger partial charge >= 0.3 is 5.97 Å². The summed E-state index contributed by atoms with van der Waals surface area (Å²) in [6.07, 6.45) is 1.74. The number of benzene rings is 1. The number of rotatable bonds is 8. The molecule has 0 heterocycles. The minimum atomic E-state index is -1.03. The molecule has 5 heteroatoms. The molecular weight excluding hydrogens is 270 g/mol. The molecule has 5 nitrogen and oxygen atoms in total. The topological polar surface area (TPSA) is 75.6 Å². The van der Waals surface area contributed by atoms with Gasteiger partial charge in [-0.3, -0.25) is 9.59 Å². The second kappa shape index (κ2) is 8.29. The van der Waals surface area contributed by atoms with Crippen LogP contribution in [0.4, 0.5) is 0 Å². The van der Waals surface area contributed by atoms with E-state index in [0.717, 1.165) is 23.3 Å². The first kappa shape index (κ1) is 17.0. The summed E-state index contributed by atoms with van der Waals surface area (Å²) in [5.41, 5.74) is 2.24. The first-order valence-corrected chi connectivity index (χ1v) is 7.12. The lowest BCUT2D eigenvalue weighted by atomic mass is 10.1. The van der Waals surface area contributed by atoms with Crippen LogP contribution >= 0.6 is 0 Å². The zero-order valence-electron chi connectivity index (χ0n) is 12.8. The summed E-state index contributed by atoms with van der Waals surface area (Å²) in [6.45, 7) is 6.01. The molecule has 21 heavy (non-hydrogen) atoms. The number of hydrogen-bond donors (Lipinski definition) is 2. The maximum Gasteiger partial charge on any atom is 0.325 e. The predicted molar refractivity (Wildman–Crippen MR) is 80.5 cm³/mol. The SMILES string of the molecule is Cc1ccc(C)c(OCCCCC(=O)N[C@H](C)C(=O)O)c1. The van der Waals surface area contributed by atoms with E-state index in [-0.39, 0.29) is 5.91 Å². The smallest absolute Gasteiger partial charge is 0.325 e. The first-order valence-electron chi connectivity index (χ1n) is 7.12. The fourth-order valence-corrected chi connectivity index (χ4v) is 1.81. The van der Waals surface area contributed by atoms with Crippen LogP contribution in [0.25, 0.3) is 0 Å². The van der Waals surface area contributed by atoms with Gasteiger partial charge in [-0.2, -0.15) is 0 Å². The Kier molecular flexibility index (Phi) is 6.72. The Morgan fingerprint density at radius 2 is 2.00 bits per heavy atom. The third-order valence-electron chi connectivity index (χ3n) is 3.15. The van der Waals surface area contributed by atoms with Gasteiger partial charge in [-0.15, -0.1) is 0 Å².